The SMILES string of the molecule is CCCC1=CC2CCCC2C=C1C. The molecule has 2 aliphatic carbocycles. The second kappa shape index (κ2) is 3.69. The lowest BCUT2D eigenvalue weighted by molar-refractivity contribution is 0.540. The fourth-order valence-electron chi connectivity index (χ4n) is 2.80. The molecule has 0 heteroatoms. The van der Waals surface area contributed by atoms with E-state index in [9.17, 15) is 0 Å². The van der Waals surface area contributed by atoms with Gasteiger partial charge in [0.1, 0.15) is 0 Å². The molecule has 2 aliphatic rings. The minimum atomic E-state index is 0.889. The highest BCUT2D eigenvalue weighted by molar-refractivity contribution is 5.34. The predicted molar refractivity (Wildman–Crippen MR) is 57.6 cm³/mol. The maximum atomic E-state index is 2.57. The van der Waals surface area contributed by atoms with E-state index in [1.807, 2.05) is 0 Å². The second-order valence-corrected chi connectivity index (χ2v) is 4.55. The van der Waals surface area contributed by atoms with Crippen LogP contribution in [0.5, 0.6) is 0 Å². The van der Waals surface area contributed by atoms with E-state index in [-0.39, 0.29) is 0 Å². The molecular weight excluding hydrogens is 156 g/mol. The smallest absolute Gasteiger partial charge is 0.0164 e. The van der Waals surface area contributed by atoms with Crippen molar-refractivity contribution in [3.05, 3.63) is 23.3 Å². The van der Waals surface area contributed by atoms with Crippen LogP contribution in [-0.4, -0.2) is 0 Å². The standard InChI is InChI=1S/C13H20/c1-3-5-11-9-13-7-4-6-12(13)8-10(11)2/h8-9,12-13H,3-7H2,1-2H3. The van der Waals surface area contributed by atoms with Crippen molar-refractivity contribution >= 4 is 0 Å². The van der Waals surface area contributed by atoms with E-state index in [0.29, 0.717) is 0 Å². The topological polar surface area (TPSA) is 0 Å². The van der Waals surface area contributed by atoms with E-state index < -0.39 is 0 Å². The van der Waals surface area contributed by atoms with Crippen molar-refractivity contribution in [1.82, 2.24) is 0 Å². The van der Waals surface area contributed by atoms with Gasteiger partial charge in [0, 0.05) is 0 Å². The van der Waals surface area contributed by atoms with Gasteiger partial charge >= 0.3 is 0 Å². The van der Waals surface area contributed by atoms with Crippen LogP contribution >= 0.6 is 0 Å². The second-order valence-electron chi connectivity index (χ2n) is 4.55. The van der Waals surface area contributed by atoms with Gasteiger partial charge < -0.3 is 0 Å². The van der Waals surface area contributed by atoms with E-state index in [1.165, 1.54) is 32.1 Å². The highest BCUT2D eigenvalue weighted by atomic mass is 14.3. The lowest BCUT2D eigenvalue weighted by Gasteiger charge is -2.22. The van der Waals surface area contributed by atoms with Crippen LogP contribution in [0.25, 0.3) is 0 Å². The minimum Gasteiger partial charge on any atom is -0.0776 e. The Balaban J connectivity index is 2.15. The molecule has 0 amide bonds. The summed E-state index contributed by atoms with van der Waals surface area (Å²) >= 11 is 0. The summed E-state index contributed by atoms with van der Waals surface area (Å²) in [5.41, 5.74) is 3.19. The molecule has 2 atom stereocenters. The summed E-state index contributed by atoms with van der Waals surface area (Å²) in [5, 5.41) is 0. The summed E-state index contributed by atoms with van der Waals surface area (Å²) in [6.07, 6.45) is 12.0. The van der Waals surface area contributed by atoms with Crippen LogP contribution in [0.1, 0.15) is 46.0 Å². The Hall–Kier alpha value is -0.520. The molecule has 13 heavy (non-hydrogen) atoms. The summed E-state index contributed by atoms with van der Waals surface area (Å²) in [5.74, 6) is 1.78. The lowest BCUT2D eigenvalue weighted by atomic mass is 9.83. The van der Waals surface area contributed by atoms with Crippen LogP contribution in [0.15, 0.2) is 23.3 Å². The third-order valence-corrected chi connectivity index (χ3v) is 3.53. The predicted octanol–water partition coefficient (Wildman–Crippen LogP) is 4.09. The Bertz CT molecular complexity index is 245. The molecule has 2 unspecified atom stereocenters. The molecule has 0 aliphatic heterocycles. The van der Waals surface area contributed by atoms with E-state index >= 15 is 0 Å². The lowest BCUT2D eigenvalue weighted by Crippen LogP contribution is -2.09. The van der Waals surface area contributed by atoms with Crippen LogP contribution in [0, 0.1) is 11.8 Å². The maximum Gasteiger partial charge on any atom is -0.0164 e. The van der Waals surface area contributed by atoms with Crippen LogP contribution < -0.4 is 0 Å². The Morgan fingerprint density at radius 1 is 1.23 bits per heavy atom. The van der Waals surface area contributed by atoms with E-state index in [0.717, 1.165) is 11.8 Å². The van der Waals surface area contributed by atoms with Crippen molar-refractivity contribution in [2.75, 3.05) is 0 Å². The fraction of sp³-hybridized carbons (Fsp3) is 0.692. The largest absolute Gasteiger partial charge is 0.0776 e. The number of fused-ring (bicyclic) bond motifs is 1. The molecule has 0 saturated heterocycles. The first-order valence-electron chi connectivity index (χ1n) is 5.70. The van der Waals surface area contributed by atoms with Crippen molar-refractivity contribution in [3.8, 4) is 0 Å². The average molecular weight is 176 g/mol. The summed E-state index contributed by atoms with van der Waals surface area (Å²) in [6, 6.07) is 0. The number of rotatable bonds is 2. The molecule has 1 fully saturated rings. The van der Waals surface area contributed by atoms with Gasteiger partial charge in [0.15, 0.2) is 0 Å². The first-order valence-corrected chi connectivity index (χ1v) is 5.70. The first kappa shape index (κ1) is 9.05. The highest BCUT2D eigenvalue weighted by Gasteiger charge is 2.27. The van der Waals surface area contributed by atoms with E-state index in [4.69, 9.17) is 0 Å². The third-order valence-electron chi connectivity index (χ3n) is 3.53. The molecule has 0 heterocycles. The summed E-state index contributed by atoms with van der Waals surface area (Å²) in [7, 11) is 0. The van der Waals surface area contributed by atoms with Gasteiger partial charge in [-0.05, 0) is 43.6 Å². The van der Waals surface area contributed by atoms with Crippen molar-refractivity contribution in [3.63, 3.8) is 0 Å². The van der Waals surface area contributed by atoms with Crippen molar-refractivity contribution in [2.45, 2.75) is 46.0 Å². The van der Waals surface area contributed by atoms with E-state index in [1.54, 1.807) is 11.1 Å². The number of hydrogen-bond acceptors (Lipinski definition) is 0. The summed E-state index contributed by atoms with van der Waals surface area (Å²) in [6.45, 7) is 4.56. The van der Waals surface area contributed by atoms with Gasteiger partial charge in [-0.2, -0.15) is 0 Å². The van der Waals surface area contributed by atoms with Gasteiger partial charge in [-0.1, -0.05) is 37.5 Å². The average Bonchev–Trinajstić information content (AvgIpc) is 2.52. The molecule has 1 saturated carbocycles. The molecule has 2 rings (SSSR count). The highest BCUT2D eigenvalue weighted by Crippen LogP contribution is 2.40. The van der Waals surface area contributed by atoms with Gasteiger partial charge in [0.05, 0.1) is 0 Å². The van der Waals surface area contributed by atoms with Crippen LogP contribution in [0.4, 0.5) is 0 Å². The molecule has 0 radical (unpaired) electrons. The van der Waals surface area contributed by atoms with Crippen LogP contribution in [-0.2, 0) is 0 Å². The monoisotopic (exact) mass is 176 g/mol. The maximum absolute atomic E-state index is 2.57. The van der Waals surface area contributed by atoms with Gasteiger partial charge in [-0.3, -0.25) is 0 Å². The molecular formula is C13H20. The molecule has 0 aromatic carbocycles. The summed E-state index contributed by atoms with van der Waals surface area (Å²) in [4.78, 5) is 0. The van der Waals surface area contributed by atoms with Crippen molar-refractivity contribution < 1.29 is 0 Å². The zero-order valence-electron chi connectivity index (χ0n) is 8.84. The summed E-state index contributed by atoms with van der Waals surface area (Å²) < 4.78 is 0. The Labute approximate surface area is 81.7 Å². The molecule has 72 valence electrons. The molecule has 0 N–H and O–H groups in total. The third kappa shape index (κ3) is 1.72. The van der Waals surface area contributed by atoms with Gasteiger partial charge in [-0.25, -0.2) is 0 Å². The first-order chi connectivity index (χ1) is 6.31. The van der Waals surface area contributed by atoms with Crippen LogP contribution in [0.2, 0.25) is 0 Å². The normalized spacial score (nSPS) is 32.5. The van der Waals surface area contributed by atoms with Crippen molar-refractivity contribution in [2.24, 2.45) is 11.8 Å². The minimum absolute atomic E-state index is 0.889. The van der Waals surface area contributed by atoms with E-state index in [2.05, 4.69) is 26.0 Å². The molecule has 0 spiro atoms. The molecule has 0 bridgehead atoms. The quantitative estimate of drug-likeness (QED) is 0.594. The van der Waals surface area contributed by atoms with Gasteiger partial charge in [0.25, 0.3) is 0 Å². The fourth-order valence-corrected chi connectivity index (χ4v) is 2.80. The Morgan fingerprint density at radius 3 is 2.62 bits per heavy atom. The number of allylic oxidation sites excluding steroid dienone is 4. The zero-order valence-corrected chi connectivity index (χ0v) is 8.84. The van der Waals surface area contributed by atoms with Crippen LogP contribution in [0.3, 0.4) is 0 Å². The number of hydrogen-bond donors (Lipinski definition) is 0. The van der Waals surface area contributed by atoms with Gasteiger partial charge in [0.2, 0.25) is 0 Å². The Kier molecular flexibility index (Phi) is 2.57. The van der Waals surface area contributed by atoms with Gasteiger partial charge in [-0.15, -0.1) is 0 Å². The molecule has 0 aromatic rings. The molecule has 0 nitrogen and oxygen atoms in total. The zero-order chi connectivity index (χ0) is 9.26. The van der Waals surface area contributed by atoms with Crippen molar-refractivity contribution in [1.29, 1.82) is 0 Å². The molecule has 0 aromatic heterocycles. The Morgan fingerprint density at radius 2 is 1.92 bits per heavy atom.